The van der Waals surface area contributed by atoms with Gasteiger partial charge in [0.1, 0.15) is 5.69 Å². The van der Waals surface area contributed by atoms with Crippen molar-refractivity contribution < 1.29 is 14.2 Å². The number of aliphatic imine (C=N–C) groups is 1. The van der Waals surface area contributed by atoms with Gasteiger partial charge in [0.15, 0.2) is 11.5 Å². The average Bonchev–Trinajstić information content (AvgIpc) is 2.56. The maximum atomic E-state index is 5.91. The fraction of sp³-hybridized carbons (Fsp3) is 0.364. The first-order valence-corrected chi connectivity index (χ1v) is 5.00. The summed E-state index contributed by atoms with van der Waals surface area (Å²) in [5, 5.41) is 0. The number of methoxy groups -OCH3 is 1. The molecule has 86 valence electrons. The van der Waals surface area contributed by atoms with Crippen molar-refractivity contribution in [3.8, 4) is 17.2 Å². The Morgan fingerprint density at radius 3 is 2.69 bits per heavy atom. The number of nitrogen functional groups attached to an aromatic ring is 1. The molecular formula is C11H14N2O3. The van der Waals surface area contributed by atoms with E-state index in [-0.39, 0.29) is 0 Å². The lowest BCUT2D eigenvalue weighted by Crippen LogP contribution is -1.99. The minimum Gasteiger partial charge on any atom is -0.493 e. The van der Waals surface area contributed by atoms with E-state index in [0.717, 1.165) is 6.42 Å². The zero-order valence-electron chi connectivity index (χ0n) is 9.16. The second kappa shape index (κ2) is 4.30. The first kappa shape index (κ1) is 10.6. The van der Waals surface area contributed by atoms with Crippen molar-refractivity contribution in [2.24, 2.45) is 4.99 Å². The largest absolute Gasteiger partial charge is 0.493 e. The Bertz CT molecular complexity index is 418. The molecule has 0 aromatic heterocycles. The predicted molar refractivity (Wildman–Crippen MR) is 62.2 cm³/mol. The molecule has 5 nitrogen and oxygen atoms in total. The maximum Gasteiger partial charge on any atom is 0.205 e. The molecule has 2 rings (SSSR count). The molecule has 0 fully saturated rings. The summed E-state index contributed by atoms with van der Waals surface area (Å²) in [4.78, 5) is 3.83. The Morgan fingerprint density at radius 1 is 1.38 bits per heavy atom. The number of hydrogen-bond donors (Lipinski definition) is 1. The van der Waals surface area contributed by atoms with Gasteiger partial charge in [0, 0.05) is 12.5 Å². The zero-order valence-corrected chi connectivity index (χ0v) is 9.16. The van der Waals surface area contributed by atoms with Crippen molar-refractivity contribution in [1.82, 2.24) is 0 Å². The maximum absolute atomic E-state index is 5.91. The molecule has 0 spiro atoms. The molecule has 0 saturated heterocycles. The van der Waals surface area contributed by atoms with Crippen LogP contribution in [0.25, 0.3) is 0 Å². The van der Waals surface area contributed by atoms with Crippen molar-refractivity contribution in [3.63, 3.8) is 0 Å². The third kappa shape index (κ3) is 1.64. The van der Waals surface area contributed by atoms with Crippen molar-refractivity contribution in [2.45, 2.75) is 6.42 Å². The highest BCUT2D eigenvalue weighted by Crippen LogP contribution is 2.47. The van der Waals surface area contributed by atoms with Crippen LogP contribution in [0.4, 0.5) is 11.4 Å². The van der Waals surface area contributed by atoms with Crippen LogP contribution in [0.1, 0.15) is 6.42 Å². The van der Waals surface area contributed by atoms with Crippen LogP contribution >= 0.6 is 0 Å². The van der Waals surface area contributed by atoms with E-state index in [1.54, 1.807) is 13.2 Å². The van der Waals surface area contributed by atoms with E-state index < -0.39 is 0 Å². The van der Waals surface area contributed by atoms with Gasteiger partial charge in [-0.25, -0.2) is 0 Å². The standard InChI is InChI=1S/C11H14N2O3/c1-13-7-6-8(14-2)10-11(9(7)12)16-5-3-4-15-10/h6H,1,3-5,12H2,2H3. The molecule has 1 heterocycles. The van der Waals surface area contributed by atoms with Gasteiger partial charge < -0.3 is 19.9 Å². The molecule has 0 saturated carbocycles. The summed E-state index contributed by atoms with van der Waals surface area (Å²) in [7, 11) is 1.56. The average molecular weight is 222 g/mol. The van der Waals surface area contributed by atoms with E-state index in [2.05, 4.69) is 11.7 Å². The number of nitrogens with zero attached hydrogens (tertiary/aromatic N) is 1. The molecule has 0 unspecified atom stereocenters. The number of anilines is 1. The van der Waals surface area contributed by atoms with Crippen LogP contribution in [0.5, 0.6) is 17.2 Å². The summed E-state index contributed by atoms with van der Waals surface area (Å²) in [6, 6.07) is 1.69. The van der Waals surface area contributed by atoms with Crippen LogP contribution in [-0.2, 0) is 0 Å². The van der Waals surface area contributed by atoms with Gasteiger partial charge in [-0.3, -0.25) is 4.99 Å². The number of nitrogens with two attached hydrogens (primary N) is 1. The normalized spacial score (nSPS) is 14.1. The van der Waals surface area contributed by atoms with Crippen molar-refractivity contribution in [2.75, 3.05) is 26.1 Å². The third-order valence-corrected chi connectivity index (χ3v) is 2.39. The Kier molecular flexibility index (Phi) is 2.85. The predicted octanol–water partition coefficient (Wildman–Crippen LogP) is 1.77. The van der Waals surface area contributed by atoms with E-state index in [9.17, 15) is 0 Å². The Balaban J connectivity index is 2.60. The summed E-state index contributed by atoms with van der Waals surface area (Å²) >= 11 is 0. The Labute approximate surface area is 93.8 Å². The molecule has 0 aliphatic carbocycles. The van der Waals surface area contributed by atoms with Gasteiger partial charge in [-0.1, -0.05) is 0 Å². The summed E-state index contributed by atoms with van der Waals surface area (Å²) in [6.45, 7) is 4.61. The lowest BCUT2D eigenvalue weighted by Gasteiger charge is -2.15. The Hall–Kier alpha value is -1.91. The highest BCUT2D eigenvalue weighted by atomic mass is 16.5. The molecule has 0 radical (unpaired) electrons. The molecule has 0 atom stereocenters. The van der Waals surface area contributed by atoms with Gasteiger partial charge in [-0.2, -0.15) is 0 Å². The lowest BCUT2D eigenvalue weighted by molar-refractivity contribution is 0.289. The van der Waals surface area contributed by atoms with Crippen LogP contribution in [0.3, 0.4) is 0 Å². The fourth-order valence-electron chi connectivity index (χ4n) is 1.59. The molecule has 1 aromatic rings. The molecular weight excluding hydrogens is 208 g/mol. The number of benzene rings is 1. The zero-order chi connectivity index (χ0) is 11.5. The van der Waals surface area contributed by atoms with E-state index in [1.165, 1.54) is 0 Å². The highest BCUT2D eigenvalue weighted by Gasteiger charge is 2.21. The lowest BCUT2D eigenvalue weighted by atomic mass is 10.2. The van der Waals surface area contributed by atoms with Crippen LogP contribution < -0.4 is 19.9 Å². The molecule has 2 N–H and O–H groups in total. The van der Waals surface area contributed by atoms with Crippen LogP contribution in [0.15, 0.2) is 11.1 Å². The number of hydrogen-bond acceptors (Lipinski definition) is 5. The topological polar surface area (TPSA) is 66.1 Å². The molecule has 0 amide bonds. The van der Waals surface area contributed by atoms with Crippen LogP contribution in [0.2, 0.25) is 0 Å². The molecule has 1 aliphatic heterocycles. The molecule has 0 bridgehead atoms. The van der Waals surface area contributed by atoms with E-state index in [1.807, 2.05) is 0 Å². The summed E-state index contributed by atoms with van der Waals surface area (Å²) in [5.41, 5.74) is 6.89. The molecule has 1 aliphatic rings. The number of fused-ring (bicyclic) bond motifs is 1. The fourth-order valence-corrected chi connectivity index (χ4v) is 1.59. The smallest absolute Gasteiger partial charge is 0.205 e. The van der Waals surface area contributed by atoms with Crippen molar-refractivity contribution in [1.29, 1.82) is 0 Å². The number of rotatable bonds is 2. The third-order valence-electron chi connectivity index (χ3n) is 2.39. The minimum absolute atomic E-state index is 0.438. The summed E-state index contributed by atoms with van der Waals surface area (Å²) in [5.74, 6) is 1.61. The quantitative estimate of drug-likeness (QED) is 0.611. The van der Waals surface area contributed by atoms with E-state index in [0.29, 0.717) is 41.8 Å². The van der Waals surface area contributed by atoms with Gasteiger partial charge in [-0.05, 0) is 6.72 Å². The van der Waals surface area contributed by atoms with Gasteiger partial charge >= 0.3 is 0 Å². The van der Waals surface area contributed by atoms with Gasteiger partial charge in [0.2, 0.25) is 5.75 Å². The number of ether oxygens (including phenoxy) is 3. The summed E-state index contributed by atoms with van der Waals surface area (Å²) in [6.07, 6.45) is 0.814. The van der Waals surface area contributed by atoms with Crippen molar-refractivity contribution in [3.05, 3.63) is 6.07 Å². The van der Waals surface area contributed by atoms with Crippen molar-refractivity contribution >= 4 is 18.1 Å². The summed E-state index contributed by atoms with van der Waals surface area (Å²) < 4.78 is 16.3. The van der Waals surface area contributed by atoms with E-state index in [4.69, 9.17) is 19.9 Å². The Morgan fingerprint density at radius 2 is 2.06 bits per heavy atom. The first-order valence-electron chi connectivity index (χ1n) is 5.00. The second-order valence-corrected chi connectivity index (χ2v) is 3.38. The van der Waals surface area contributed by atoms with E-state index >= 15 is 0 Å². The molecule has 5 heteroatoms. The highest BCUT2D eigenvalue weighted by molar-refractivity contribution is 5.79. The monoisotopic (exact) mass is 222 g/mol. The second-order valence-electron chi connectivity index (χ2n) is 3.38. The van der Waals surface area contributed by atoms with Crippen LogP contribution in [-0.4, -0.2) is 27.0 Å². The first-order chi connectivity index (χ1) is 7.77. The van der Waals surface area contributed by atoms with Gasteiger partial charge in [0.05, 0.1) is 26.0 Å². The van der Waals surface area contributed by atoms with Gasteiger partial charge in [-0.15, -0.1) is 0 Å². The van der Waals surface area contributed by atoms with Gasteiger partial charge in [0.25, 0.3) is 0 Å². The van der Waals surface area contributed by atoms with Crippen LogP contribution in [0, 0.1) is 0 Å². The molecule has 16 heavy (non-hydrogen) atoms. The SMILES string of the molecule is C=Nc1cc(OC)c2c(c1N)OCCCO2. The minimum atomic E-state index is 0.438. The molecule has 1 aromatic carbocycles.